The molecule has 408 valence electrons. The Morgan fingerprint density at radius 1 is 0.292 bits per heavy atom. The molecule has 0 fully saturated rings. The molecule has 0 aromatic rings. The zero-order chi connectivity index (χ0) is 52.2. The predicted octanol–water partition coefficient (Wildman–Crippen LogP) is 20.0. The molecule has 0 aliphatic heterocycles. The number of unbranched alkanes of at least 4 members (excludes halogenated alkanes) is 21. The van der Waals surface area contributed by atoms with Crippen LogP contribution in [0.3, 0.4) is 0 Å². The van der Waals surface area contributed by atoms with Crippen LogP contribution in [0.5, 0.6) is 0 Å². The third kappa shape index (κ3) is 56.7. The molecule has 0 bridgehead atoms. The van der Waals surface area contributed by atoms with Crippen LogP contribution in [0.25, 0.3) is 0 Å². The second-order valence-electron chi connectivity index (χ2n) is 19.2. The number of carbonyl (C=O) groups excluding carboxylic acids is 3. The van der Waals surface area contributed by atoms with E-state index in [9.17, 15) is 14.4 Å². The van der Waals surface area contributed by atoms with E-state index in [2.05, 4.69) is 142 Å². The van der Waals surface area contributed by atoms with E-state index in [0.29, 0.717) is 19.3 Å². The van der Waals surface area contributed by atoms with E-state index >= 15 is 0 Å². The topological polar surface area (TPSA) is 78.9 Å². The first kappa shape index (κ1) is 67.8. The highest BCUT2D eigenvalue weighted by Crippen LogP contribution is 2.15. The summed E-state index contributed by atoms with van der Waals surface area (Å²) in [5.74, 6) is -0.971. The minimum absolute atomic E-state index is 0.101. The van der Waals surface area contributed by atoms with Gasteiger partial charge in [0.1, 0.15) is 13.2 Å². The molecule has 0 aromatic carbocycles. The third-order valence-electron chi connectivity index (χ3n) is 12.2. The highest BCUT2D eigenvalue weighted by atomic mass is 16.6. The smallest absolute Gasteiger partial charge is 0.306 e. The average molecular weight is 998 g/mol. The molecule has 0 spiro atoms. The molecule has 0 aliphatic rings. The molecule has 0 amide bonds. The van der Waals surface area contributed by atoms with Gasteiger partial charge in [-0.05, 0) is 109 Å². The van der Waals surface area contributed by atoms with Gasteiger partial charge < -0.3 is 14.2 Å². The fourth-order valence-electron chi connectivity index (χ4n) is 7.79. The van der Waals surface area contributed by atoms with Gasteiger partial charge in [-0.25, -0.2) is 0 Å². The molecule has 6 nitrogen and oxygen atoms in total. The standard InChI is InChI=1S/C66H108O6/c1-4-7-10-13-16-19-22-25-26-27-28-29-30-31-32-33-34-35-36-37-38-39-40-42-44-47-50-53-56-59-65(68)71-62-63(61-70-64(67)58-55-52-49-46-43-24-21-18-15-12-9-6-3)72-66(69)60-57-54-51-48-45-41-23-20-17-14-11-8-5-2/h7,10,16,18-19,21,25-26,28-29,31-32,34-35,37-38,40,42,47,50,63H,4-6,8-9,11-15,17,20,22-24,27,30,33,36,39,41,43-46,48-49,51-62H2,1-3H3/b10-7-,19-16-,21-18-,26-25-,29-28-,32-31-,35-34-,38-37-,42-40-,50-47-. The van der Waals surface area contributed by atoms with Crippen molar-refractivity contribution < 1.29 is 28.6 Å². The van der Waals surface area contributed by atoms with Gasteiger partial charge in [0.2, 0.25) is 0 Å². The lowest BCUT2D eigenvalue weighted by Crippen LogP contribution is -2.30. The number of hydrogen-bond acceptors (Lipinski definition) is 6. The summed E-state index contributed by atoms with van der Waals surface area (Å²) in [5, 5.41) is 0. The van der Waals surface area contributed by atoms with Gasteiger partial charge in [0.15, 0.2) is 6.10 Å². The molecule has 0 heterocycles. The quantitative estimate of drug-likeness (QED) is 0.0261. The zero-order valence-corrected chi connectivity index (χ0v) is 46.7. The van der Waals surface area contributed by atoms with Gasteiger partial charge in [0.05, 0.1) is 0 Å². The fraction of sp³-hybridized carbons (Fsp3) is 0.652. The predicted molar refractivity (Wildman–Crippen MR) is 311 cm³/mol. The lowest BCUT2D eigenvalue weighted by Gasteiger charge is -2.18. The first-order chi connectivity index (χ1) is 35.5. The number of carbonyl (C=O) groups is 3. The van der Waals surface area contributed by atoms with Crippen molar-refractivity contribution in [2.24, 2.45) is 0 Å². The Labute approximate surface area is 443 Å². The van der Waals surface area contributed by atoms with Crippen molar-refractivity contribution in [1.82, 2.24) is 0 Å². The summed E-state index contributed by atoms with van der Waals surface area (Å²) < 4.78 is 16.8. The van der Waals surface area contributed by atoms with Gasteiger partial charge in [-0.2, -0.15) is 0 Å². The molecular formula is C66H108O6. The molecule has 0 rings (SSSR count). The van der Waals surface area contributed by atoms with Crippen molar-refractivity contribution >= 4 is 17.9 Å². The Morgan fingerprint density at radius 2 is 0.556 bits per heavy atom. The molecule has 1 atom stereocenters. The van der Waals surface area contributed by atoms with Crippen LogP contribution < -0.4 is 0 Å². The van der Waals surface area contributed by atoms with E-state index < -0.39 is 6.10 Å². The highest BCUT2D eigenvalue weighted by molar-refractivity contribution is 5.71. The van der Waals surface area contributed by atoms with E-state index in [1.807, 2.05) is 0 Å². The van der Waals surface area contributed by atoms with E-state index in [-0.39, 0.29) is 37.5 Å². The Bertz CT molecular complexity index is 1520. The lowest BCUT2D eigenvalue weighted by molar-refractivity contribution is -0.167. The molecule has 0 N–H and O–H groups in total. The Kier molecular flexibility index (Phi) is 55.9. The minimum Gasteiger partial charge on any atom is -0.462 e. The Hall–Kier alpha value is -4.19. The molecular weight excluding hydrogens is 889 g/mol. The first-order valence-corrected chi connectivity index (χ1v) is 29.5. The molecule has 0 aromatic heterocycles. The maximum atomic E-state index is 12.8. The second kappa shape index (κ2) is 59.4. The van der Waals surface area contributed by atoms with Crippen LogP contribution in [0.1, 0.15) is 258 Å². The number of esters is 3. The summed E-state index contributed by atoms with van der Waals surface area (Å²) in [6.45, 7) is 6.44. The van der Waals surface area contributed by atoms with Crippen LogP contribution in [0.2, 0.25) is 0 Å². The van der Waals surface area contributed by atoms with E-state index in [0.717, 1.165) is 116 Å². The first-order valence-electron chi connectivity index (χ1n) is 29.5. The van der Waals surface area contributed by atoms with Gasteiger partial charge in [-0.15, -0.1) is 0 Å². The van der Waals surface area contributed by atoms with Crippen molar-refractivity contribution in [3.63, 3.8) is 0 Å². The van der Waals surface area contributed by atoms with Crippen LogP contribution >= 0.6 is 0 Å². The van der Waals surface area contributed by atoms with E-state index in [4.69, 9.17) is 14.2 Å². The zero-order valence-electron chi connectivity index (χ0n) is 46.7. The number of ether oxygens (including phenoxy) is 3. The van der Waals surface area contributed by atoms with Gasteiger partial charge in [0, 0.05) is 19.3 Å². The second-order valence-corrected chi connectivity index (χ2v) is 19.2. The fourth-order valence-corrected chi connectivity index (χ4v) is 7.79. The number of rotatable bonds is 52. The summed E-state index contributed by atoms with van der Waals surface area (Å²) in [6, 6.07) is 0. The highest BCUT2D eigenvalue weighted by Gasteiger charge is 2.19. The van der Waals surface area contributed by atoms with Gasteiger partial charge in [-0.1, -0.05) is 251 Å². The van der Waals surface area contributed by atoms with Crippen LogP contribution in [0.15, 0.2) is 122 Å². The molecule has 0 radical (unpaired) electrons. The summed E-state index contributed by atoms with van der Waals surface area (Å²) in [5.41, 5.74) is 0. The van der Waals surface area contributed by atoms with Gasteiger partial charge in [-0.3, -0.25) is 14.4 Å². The summed E-state index contributed by atoms with van der Waals surface area (Å²) in [7, 11) is 0. The number of hydrogen-bond donors (Lipinski definition) is 0. The number of allylic oxidation sites excluding steroid dienone is 20. The SMILES string of the molecule is CC/C=C\C/C=C\C/C=C\C/C=C\C/C=C\C/C=C\C/C=C\C/C=C\C/C=C\CCCC(=O)OCC(COC(=O)CCCCCCC/C=C\CCCCC)OC(=O)CCCCCCCCCCCCCCC. The van der Waals surface area contributed by atoms with Crippen LogP contribution in [0.4, 0.5) is 0 Å². The third-order valence-corrected chi connectivity index (χ3v) is 12.2. The van der Waals surface area contributed by atoms with Crippen LogP contribution in [0, 0.1) is 0 Å². The summed E-state index contributed by atoms with van der Waals surface area (Å²) in [6.07, 6.45) is 82.0. The van der Waals surface area contributed by atoms with Crippen molar-refractivity contribution in [2.45, 2.75) is 264 Å². The molecule has 0 saturated carbocycles. The minimum atomic E-state index is -0.805. The molecule has 0 aliphatic carbocycles. The molecule has 72 heavy (non-hydrogen) atoms. The molecule has 0 saturated heterocycles. The van der Waals surface area contributed by atoms with Crippen molar-refractivity contribution in [2.75, 3.05) is 13.2 Å². The monoisotopic (exact) mass is 997 g/mol. The lowest BCUT2D eigenvalue weighted by atomic mass is 10.0. The van der Waals surface area contributed by atoms with Crippen molar-refractivity contribution in [3.05, 3.63) is 122 Å². The maximum absolute atomic E-state index is 12.8. The van der Waals surface area contributed by atoms with E-state index in [1.54, 1.807) is 0 Å². The van der Waals surface area contributed by atoms with Crippen molar-refractivity contribution in [1.29, 1.82) is 0 Å². The van der Waals surface area contributed by atoms with Crippen LogP contribution in [-0.2, 0) is 28.6 Å². The molecule has 1 unspecified atom stereocenters. The maximum Gasteiger partial charge on any atom is 0.306 e. The van der Waals surface area contributed by atoms with E-state index in [1.165, 1.54) is 96.3 Å². The van der Waals surface area contributed by atoms with Gasteiger partial charge in [0.25, 0.3) is 0 Å². The average Bonchev–Trinajstić information content (AvgIpc) is 3.38. The van der Waals surface area contributed by atoms with Crippen LogP contribution in [-0.4, -0.2) is 37.2 Å². The molecule has 6 heteroatoms. The Balaban J connectivity index is 4.39. The van der Waals surface area contributed by atoms with Crippen molar-refractivity contribution in [3.8, 4) is 0 Å². The normalized spacial score (nSPS) is 13.0. The van der Waals surface area contributed by atoms with Gasteiger partial charge >= 0.3 is 17.9 Å². The summed E-state index contributed by atoms with van der Waals surface area (Å²) in [4.78, 5) is 38.1. The summed E-state index contributed by atoms with van der Waals surface area (Å²) >= 11 is 0. The Morgan fingerprint density at radius 3 is 0.944 bits per heavy atom. The largest absolute Gasteiger partial charge is 0.462 e.